The van der Waals surface area contributed by atoms with Crippen LogP contribution < -0.4 is 16.6 Å². The maximum Gasteiger partial charge on any atom is 0.279 e. The minimum absolute atomic E-state index is 0.0327. The van der Waals surface area contributed by atoms with Crippen molar-refractivity contribution in [2.24, 2.45) is 0 Å². The molecule has 0 saturated heterocycles. The number of rotatable bonds is 5. The Morgan fingerprint density at radius 1 is 1.06 bits per heavy atom. The predicted octanol–water partition coefficient (Wildman–Crippen LogP) is 4.05. The number of aromatic nitrogens is 4. The maximum atomic E-state index is 15.0. The summed E-state index contributed by atoms with van der Waals surface area (Å²) in [7, 11) is 0. The Balaban J connectivity index is 1.76. The third-order valence-corrected chi connectivity index (χ3v) is 4.87. The Hall–Kier alpha value is -3.95. The zero-order valence-electron chi connectivity index (χ0n) is 17.2. The van der Waals surface area contributed by atoms with E-state index in [4.69, 9.17) is 5.73 Å². The number of fused-ring (bicyclic) bond motifs is 1. The van der Waals surface area contributed by atoms with Crippen molar-refractivity contribution < 1.29 is 13.2 Å². The summed E-state index contributed by atoms with van der Waals surface area (Å²) < 4.78 is 44.1. The van der Waals surface area contributed by atoms with E-state index in [-0.39, 0.29) is 46.6 Å². The predicted molar refractivity (Wildman–Crippen MR) is 115 cm³/mol. The lowest BCUT2D eigenvalue weighted by atomic mass is 10.1. The standard InChI is InChI=1S/C22H19F3N6O/c1-11(2)31-20-18(10-28-22(26)30-20)29-19(21(31)32)14-7-16(25)17(8-15(14)24)27-9-12-3-5-13(23)6-4-12/h3-8,10-11,27H,9H2,1-2H3,(H2,26,28,30). The monoisotopic (exact) mass is 440 g/mol. The van der Waals surface area contributed by atoms with E-state index in [9.17, 15) is 18.0 Å². The number of benzene rings is 2. The zero-order chi connectivity index (χ0) is 23.0. The molecule has 0 aliphatic heterocycles. The van der Waals surface area contributed by atoms with Crippen LogP contribution in [0, 0.1) is 17.5 Å². The van der Waals surface area contributed by atoms with Crippen molar-refractivity contribution in [1.29, 1.82) is 0 Å². The molecule has 4 aromatic rings. The number of anilines is 2. The molecule has 164 valence electrons. The molecule has 0 aliphatic carbocycles. The number of nitrogens with one attached hydrogen (secondary N) is 1. The van der Waals surface area contributed by atoms with E-state index in [2.05, 4.69) is 20.3 Å². The number of nitrogens with zero attached hydrogens (tertiary/aromatic N) is 4. The number of hydrogen-bond acceptors (Lipinski definition) is 6. The van der Waals surface area contributed by atoms with Gasteiger partial charge in [-0.2, -0.15) is 4.98 Å². The molecule has 0 atom stereocenters. The Labute approximate surface area is 180 Å². The highest BCUT2D eigenvalue weighted by atomic mass is 19.1. The summed E-state index contributed by atoms with van der Waals surface area (Å²) in [6.45, 7) is 3.66. The van der Waals surface area contributed by atoms with Crippen molar-refractivity contribution in [1.82, 2.24) is 19.5 Å². The first-order valence-electron chi connectivity index (χ1n) is 9.77. The maximum absolute atomic E-state index is 15.0. The highest BCUT2D eigenvalue weighted by Crippen LogP contribution is 2.27. The van der Waals surface area contributed by atoms with Crippen molar-refractivity contribution in [2.45, 2.75) is 26.4 Å². The van der Waals surface area contributed by atoms with Gasteiger partial charge in [-0.15, -0.1) is 0 Å². The van der Waals surface area contributed by atoms with E-state index >= 15 is 0 Å². The minimum Gasteiger partial charge on any atom is -0.379 e. The van der Waals surface area contributed by atoms with E-state index in [1.165, 1.54) is 35.0 Å². The van der Waals surface area contributed by atoms with E-state index in [0.717, 1.165) is 12.1 Å². The second-order valence-corrected chi connectivity index (χ2v) is 7.46. The second-order valence-electron chi connectivity index (χ2n) is 7.46. The fourth-order valence-corrected chi connectivity index (χ4v) is 3.33. The molecule has 4 rings (SSSR count). The lowest BCUT2D eigenvalue weighted by Gasteiger charge is -2.15. The van der Waals surface area contributed by atoms with Crippen molar-refractivity contribution >= 4 is 22.8 Å². The van der Waals surface area contributed by atoms with Gasteiger partial charge in [-0.3, -0.25) is 9.36 Å². The van der Waals surface area contributed by atoms with Crippen LogP contribution in [0.25, 0.3) is 22.4 Å². The van der Waals surface area contributed by atoms with Crippen molar-refractivity contribution in [3.05, 3.63) is 76.0 Å². The second kappa shape index (κ2) is 8.29. The van der Waals surface area contributed by atoms with Crippen LogP contribution in [-0.4, -0.2) is 19.5 Å². The van der Waals surface area contributed by atoms with Gasteiger partial charge < -0.3 is 11.1 Å². The summed E-state index contributed by atoms with van der Waals surface area (Å²) in [6, 6.07) is 7.16. The van der Waals surface area contributed by atoms with Gasteiger partial charge in [0.15, 0.2) is 5.65 Å². The van der Waals surface area contributed by atoms with Crippen LogP contribution in [0.5, 0.6) is 0 Å². The quantitative estimate of drug-likeness (QED) is 0.486. The fraction of sp³-hybridized carbons (Fsp3) is 0.182. The van der Waals surface area contributed by atoms with Crippen LogP contribution in [0.3, 0.4) is 0 Å². The minimum atomic E-state index is -0.830. The SMILES string of the molecule is CC(C)n1c(=O)c(-c2cc(F)c(NCc3ccc(F)cc3)cc2F)nc2cnc(N)nc21. The van der Waals surface area contributed by atoms with E-state index in [1.54, 1.807) is 13.8 Å². The van der Waals surface area contributed by atoms with Gasteiger partial charge in [-0.05, 0) is 37.6 Å². The Kier molecular flexibility index (Phi) is 5.52. The smallest absolute Gasteiger partial charge is 0.279 e. The van der Waals surface area contributed by atoms with Crippen LogP contribution in [0.1, 0.15) is 25.5 Å². The molecule has 3 N–H and O–H groups in total. The molecule has 0 amide bonds. The van der Waals surface area contributed by atoms with E-state index < -0.39 is 23.0 Å². The summed E-state index contributed by atoms with van der Waals surface area (Å²) in [5.74, 6) is -2.02. The van der Waals surface area contributed by atoms with Crippen LogP contribution in [-0.2, 0) is 6.54 Å². The average molecular weight is 440 g/mol. The highest BCUT2D eigenvalue weighted by molar-refractivity contribution is 5.75. The van der Waals surface area contributed by atoms with Gasteiger partial charge in [0.1, 0.15) is 28.7 Å². The molecule has 2 heterocycles. The molecule has 0 saturated carbocycles. The number of hydrogen-bond donors (Lipinski definition) is 2. The average Bonchev–Trinajstić information content (AvgIpc) is 2.74. The first-order chi connectivity index (χ1) is 15.2. The molecular weight excluding hydrogens is 421 g/mol. The summed E-state index contributed by atoms with van der Waals surface area (Å²) in [6.07, 6.45) is 1.33. The van der Waals surface area contributed by atoms with Gasteiger partial charge in [0.2, 0.25) is 5.95 Å². The van der Waals surface area contributed by atoms with Gasteiger partial charge in [0.25, 0.3) is 5.56 Å². The lowest BCUT2D eigenvalue weighted by Crippen LogP contribution is -2.26. The molecule has 0 unspecified atom stereocenters. The summed E-state index contributed by atoms with van der Waals surface area (Å²) >= 11 is 0. The van der Waals surface area contributed by atoms with Crippen LogP contribution in [0.15, 0.2) is 47.4 Å². The lowest BCUT2D eigenvalue weighted by molar-refractivity contribution is 0.589. The Morgan fingerprint density at radius 3 is 2.47 bits per heavy atom. The van der Waals surface area contributed by atoms with Crippen LogP contribution >= 0.6 is 0 Å². The van der Waals surface area contributed by atoms with Gasteiger partial charge >= 0.3 is 0 Å². The highest BCUT2D eigenvalue weighted by Gasteiger charge is 2.20. The van der Waals surface area contributed by atoms with E-state index in [1.807, 2.05) is 0 Å². The molecular formula is C22H19F3N6O. The number of nitrogen functional groups attached to an aromatic ring is 1. The molecule has 0 bridgehead atoms. The van der Waals surface area contributed by atoms with Crippen molar-refractivity contribution in [3.63, 3.8) is 0 Å². The van der Waals surface area contributed by atoms with Crippen LogP contribution in [0.2, 0.25) is 0 Å². The summed E-state index contributed by atoms with van der Waals surface area (Å²) in [5, 5.41) is 2.77. The van der Waals surface area contributed by atoms with Gasteiger partial charge in [-0.1, -0.05) is 12.1 Å². The Bertz CT molecular complexity index is 1370. The van der Waals surface area contributed by atoms with E-state index in [0.29, 0.717) is 5.56 Å². The first kappa shape index (κ1) is 21.3. The van der Waals surface area contributed by atoms with Gasteiger partial charge in [-0.25, -0.2) is 23.1 Å². The molecule has 2 aromatic heterocycles. The third kappa shape index (κ3) is 3.98. The topological polar surface area (TPSA) is 98.7 Å². The molecule has 0 fully saturated rings. The summed E-state index contributed by atoms with van der Waals surface area (Å²) in [4.78, 5) is 25.2. The molecule has 0 spiro atoms. The normalized spacial score (nSPS) is 11.3. The first-order valence-corrected chi connectivity index (χ1v) is 9.77. The molecule has 2 aromatic carbocycles. The number of nitrogens with two attached hydrogens (primary N) is 1. The molecule has 10 heteroatoms. The largest absolute Gasteiger partial charge is 0.379 e. The summed E-state index contributed by atoms with van der Waals surface area (Å²) in [5.41, 5.74) is 5.47. The van der Waals surface area contributed by atoms with Crippen molar-refractivity contribution in [2.75, 3.05) is 11.1 Å². The third-order valence-electron chi connectivity index (χ3n) is 4.87. The fourth-order valence-electron chi connectivity index (χ4n) is 3.33. The molecule has 32 heavy (non-hydrogen) atoms. The molecule has 7 nitrogen and oxygen atoms in total. The Morgan fingerprint density at radius 2 is 1.78 bits per heavy atom. The van der Waals surface area contributed by atoms with Gasteiger partial charge in [0.05, 0.1) is 11.9 Å². The number of halogens is 3. The van der Waals surface area contributed by atoms with Gasteiger partial charge in [0, 0.05) is 24.2 Å². The van der Waals surface area contributed by atoms with Crippen molar-refractivity contribution in [3.8, 4) is 11.3 Å². The van der Waals surface area contributed by atoms with Crippen LogP contribution in [0.4, 0.5) is 24.8 Å². The molecule has 0 radical (unpaired) electrons. The zero-order valence-corrected chi connectivity index (χ0v) is 17.2. The molecule has 0 aliphatic rings.